The first-order valence-corrected chi connectivity index (χ1v) is 9.96. The molecule has 5 rings (SSSR count). The van der Waals surface area contributed by atoms with Crippen LogP contribution in [0.2, 0.25) is 5.02 Å². The highest BCUT2D eigenvalue weighted by atomic mass is 35.5. The number of aromatic amines is 1. The number of para-hydroxylation sites is 1. The Bertz CT molecular complexity index is 1350. The van der Waals surface area contributed by atoms with Crippen LogP contribution in [-0.4, -0.2) is 25.9 Å². The molecule has 30 heavy (non-hydrogen) atoms. The molecule has 148 valence electrons. The second-order valence-electron chi connectivity index (χ2n) is 7.08. The summed E-state index contributed by atoms with van der Waals surface area (Å²) in [6.45, 7) is 0.952. The lowest BCUT2D eigenvalue weighted by Crippen LogP contribution is -2.23. The van der Waals surface area contributed by atoms with E-state index in [1.165, 1.54) is 0 Å². The Morgan fingerprint density at radius 3 is 2.70 bits per heavy atom. The molecule has 5 aromatic rings. The van der Waals surface area contributed by atoms with Crippen LogP contribution in [-0.2, 0) is 13.1 Å². The molecule has 7 heteroatoms. The highest BCUT2D eigenvalue weighted by molar-refractivity contribution is 6.30. The van der Waals surface area contributed by atoms with Crippen LogP contribution >= 0.6 is 11.6 Å². The predicted octanol–water partition coefficient (Wildman–Crippen LogP) is 4.54. The highest BCUT2D eigenvalue weighted by Gasteiger charge is 2.17. The van der Waals surface area contributed by atoms with Gasteiger partial charge in [0.05, 0.1) is 23.8 Å². The van der Waals surface area contributed by atoms with E-state index in [0.29, 0.717) is 23.8 Å². The van der Waals surface area contributed by atoms with Crippen molar-refractivity contribution in [2.75, 3.05) is 0 Å². The quantitative estimate of drug-likeness (QED) is 0.442. The molecule has 0 aliphatic rings. The number of halogens is 1. The summed E-state index contributed by atoms with van der Waals surface area (Å²) in [5, 5.41) is 17.2. The van der Waals surface area contributed by atoms with E-state index < -0.39 is 0 Å². The third-order valence-corrected chi connectivity index (χ3v) is 5.39. The van der Waals surface area contributed by atoms with Crippen LogP contribution in [0.3, 0.4) is 0 Å². The summed E-state index contributed by atoms with van der Waals surface area (Å²) < 4.78 is 1.85. The van der Waals surface area contributed by atoms with E-state index in [1.807, 2.05) is 71.4 Å². The number of carbonyl (C=O) groups is 1. The molecule has 0 aliphatic heterocycles. The molecule has 0 bridgehead atoms. The van der Waals surface area contributed by atoms with Crippen molar-refractivity contribution >= 4 is 39.3 Å². The van der Waals surface area contributed by atoms with Gasteiger partial charge in [0.25, 0.3) is 5.91 Å². The van der Waals surface area contributed by atoms with Gasteiger partial charge in [0.2, 0.25) is 0 Å². The van der Waals surface area contributed by atoms with Crippen LogP contribution in [0.4, 0.5) is 0 Å². The van der Waals surface area contributed by atoms with Gasteiger partial charge in [0.15, 0.2) is 5.69 Å². The molecule has 2 heterocycles. The first-order chi connectivity index (χ1) is 14.7. The minimum Gasteiger partial charge on any atom is -0.347 e. The smallest absolute Gasteiger partial charge is 0.272 e. The molecule has 0 spiro atoms. The third kappa shape index (κ3) is 3.42. The van der Waals surface area contributed by atoms with Crippen LogP contribution < -0.4 is 5.32 Å². The van der Waals surface area contributed by atoms with E-state index >= 15 is 0 Å². The number of fused-ring (bicyclic) bond motifs is 2. The molecule has 0 saturated carbocycles. The zero-order chi connectivity index (χ0) is 20.5. The molecular weight excluding hydrogens is 398 g/mol. The summed E-state index contributed by atoms with van der Waals surface area (Å²) in [6.07, 6.45) is 1.77. The number of carbonyl (C=O) groups excluding carboxylic acids is 1. The third-order valence-electron chi connectivity index (χ3n) is 5.13. The first kappa shape index (κ1) is 18.4. The van der Waals surface area contributed by atoms with Gasteiger partial charge in [-0.3, -0.25) is 14.6 Å². The highest BCUT2D eigenvalue weighted by Crippen LogP contribution is 2.21. The number of rotatable bonds is 5. The Morgan fingerprint density at radius 1 is 1.00 bits per heavy atom. The molecule has 2 N–H and O–H groups in total. The van der Waals surface area contributed by atoms with Crippen molar-refractivity contribution in [1.82, 2.24) is 25.3 Å². The van der Waals surface area contributed by atoms with Gasteiger partial charge in [-0.1, -0.05) is 54.1 Å². The Morgan fingerprint density at radius 2 is 1.83 bits per heavy atom. The van der Waals surface area contributed by atoms with Crippen molar-refractivity contribution in [1.29, 1.82) is 0 Å². The lowest BCUT2D eigenvalue weighted by atomic mass is 10.1. The predicted molar refractivity (Wildman–Crippen MR) is 118 cm³/mol. The number of hydrogen-bond donors (Lipinski definition) is 2. The normalized spacial score (nSPS) is 11.2. The molecule has 0 aliphatic carbocycles. The molecule has 0 radical (unpaired) electrons. The van der Waals surface area contributed by atoms with Gasteiger partial charge in [-0.2, -0.15) is 10.2 Å². The van der Waals surface area contributed by atoms with E-state index in [4.69, 9.17) is 11.6 Å². The standard InChI is InChI=1S/C23H18ClN5O/c24-17-10-8-15(9-11-17)14-29-21-7-2-1-5-18(21)22(28-29)23(30)25-12-16-4-3-6-20-19(16)13-26-27-20/h1-11,13H,12,14H2,(H,25,30)(H,26,27). The number of hydrogen-bond acceptors (Lipinski definition) is 3. The zero-order valence-electron chi connectivity index (χ0n) is 16.0. The lowest BCUT2D eigenvalue weighted by Gasteiger charge is -2.05. The number of amides is 1. The summed E-state index contributed by atoms with van der Waals surface area (Å²) in [6, 6.07) is 21.3. The van der Waals surface area contributed by atoms with Crippen LogP contribution in [0.1, 0.15) is 21.6 Å². The molecule has 0 saturated heterocycles. The largest absolute Gasteiger partial charge is 0.347 e. The Balaban J connectivity index is 1.43. The van der Waals surface area contributed by atoms with Gasteiger partial charge >= 0.3 is 0 Å². The fraction of sp³-hybridized carbons (Fsp3) is 0.0870. The molecule has 0 fully saturated rings. The molecule has 0 unspecified atom stereocenters. The zero-order valence-corrected chi connectivity index (χ0v) is 16.7. The summed E-state index contributed by atoms with van der Waals surface area (Å²) in [5.74, 6) is -0.207. The fourth-order valence-corrected chi connectivity index (χ4v) is 3.75. The maximum Gasteiger partial charge on any atom is 0.272 e. The number of nitrogens with one attached hydrogen (secondary N) is 2. The molecule has 2 aromatic heterocycles. The molecule has 0 atom stereocenters. The average molecular weight is 416 g/mol. The van der Waals surface area contributed by atoms with Crippen LogP contribution in [0.5, 0.6) is 0 Å². The van der Waals surface area contributed by atoms with E-state index in [-0.39, 0.29) is 5.91 Å². The number of nitrogens with zero attached hydrogens (tertiary/aromatic N) is 3. The fourth-order valence-electron chi connectivity index (χ4n) is 3.62. The maximum absolute atomic E-state index is 13.0. The monoisotopic (exact) mass is 415 g/mol. The van der Waals surface area contributed by atoms with Crippen molar-refractivity contribution < 1.29 is 4.79 Å². The summed E-state index contributed by atoms with van der Waals surface area (Å²) in [7, 11) is 0. The van der Waals surface area contributed by atoms with Crippen molar-refractivity contribution in [3.05, 3.63) is 94.8 Å². The molecule has 1 amide bonds. The number of H-pyrrole nitrogens is 1. The summed E-state index contributed by atoms with van der Waals surface area (Å²) >= 11 is 5.99. The van der Waals surface area contributed by atoms with Crippen molar-refractivity contribution in [3.63, 3.8) is 0 Å². The van der Waals surface area contributed by atoms with Crippen molar-refractivity contribution in [2.24, 2.45) is 0 Å². The molecular formula is C23H18ClN5O. The van der Waals surface area contributed by atoms with Gasteiger partial charge in [-0.15, -0.1) is 0 Å². The maximum atomic E-state index is 13.0. The van der Waals surface area contributed by atoms with E-state index in [1.54, 1.807) is 6.20 Å². The Labute approximate surface area is 177 Å². The van der Waals surface area contributed by atoms with Crippen LogP contribution in [0.15, 0.2) is 72.9 Å². The summed E-state index contributed by atoms with van der Waals surface area (Å²) in [4.78, 5) is 13.0. The lowest BCUT2D eigenvalue weighted by molar-refractivity contribution is 0.0947. The van der Waals surface area contributed by atoms with Gasteiger partial charge in [-0.25, -0.2) is 0 Å². The van der Waals surface area contributed by atoms with E-state index in [0.717, 1.165) is 32.9 Å². The number of aromatic nitrogens is 4. The van der Waals surface area contributed by atoms with Gasteiger partial charge in [0.1, 0.15) is 0 Å². The molecule has 6 nitrogen and oxygen atoms in total. The van der Waals surface area contributed by atoms with Gasteiger partial charge in [0, 0.05) is 22.3 Å². The Hall–Kier alpha value is -3.64. The SMILES string of the molecule is O=C(NCc1cccc2[nH]ncc12)c1nn(Cc2ccc(Cl)cc2)c2ccccc12. The van der Waals surface area contributed by atoms with Crippen LogP contribution in [0.25, 0.3) is 21.8 Å². The molecule has 3 aromatic carbocycles. The van der Waals surface area contributed by atoms with Gasteiger partial charge < -0.3 is 5.32 Å². The second-order valence-corrected chi connectivity index (χ2v) is 7.52. The Kier molecular flexibility index (Phi) is 4.69. The first-order valence-electron chi connectivity index (χ1n) is 9.58. The minimum absolute atomic E-state index is 0.207. The van der Waals surface area contributed by atoms with Crippen molar-refractivity contribution in [2.45, 2.75) is 13.1 Å². The summed E-state index contributed by atoms with van der Waals surface area (Å²) in [5.41, 5.74) is 4.33. The van der Waals surface area contributed by atoms with Gasteiger partial charge in [-0.05, 0) is 35.4 Å². The average Bonchev–Trinajstić information content (AvgIpc) is 3.39. The van der Waals surface area contributed by atoms with Crippen molar-refractivity contribution in [3.8, 4) is 0 Å². The number of benzene rings is 3. The topological polar surface area (TPSA) is 75.6 Å². The van der Waals surface area contributed by atoms with E-state index in [2.05, 4.69) is 20.6 Å². The van der Waals surface area contributed by atoms with Crippen LogP contribution in [0, 0.1) is 0 Å². The second kappa shape index (κ2) is 7.65. The minimum atomic E-state index is -0.207. The van der Waals surface area contributed by atoms with E-state index in [9.17, 15) is 4.79 Å².